The molecule has 2 heterocycles. The van der Waals surface area contributed by atoms with Crippen molar-refractivity contribution in [3.63, 3.8) is 0 Å². The average molecular weight is 348 g/mol. The molecule has 0 amide bonds. The van der Waals surface area contributed by atoms with Crippen LogP contribution >= 0.6 is 11.8 Å². The minimum Gasteiger partial charge on any atom is -0.485 e. The van der Waals surface area contributed by atoms with Crippen LogP contribution < -0.4 is 4.74 Å². The standard InChI is InChI=1S/C15H16N4O4S/c1-15(2)13(20)12(18-5-6-24-14(18)17-8-16)10-7-9(19(21)22)3-4-11(10)23-15/h3-4,7,12-13,20H,5-6H2,1-2H3/b17-14+/t12-,13+/m0/s1. The normalized spacial score (nSPS) is 26.6. The van der Waals surface area contributed by atoms with Gasteiger partial charge in [-0.2, -0.15) is 5.26 Å². The third-order valence-corrected chi connectivity index (χ3v) is 5.17. The molecule has 1 aromatic carbocycles. The number of non-ortho nitro benzene ring substituents is 1. The number of nitriles is 1. The maximum absolute atomic E-state index is 11.1. The molecule has 1 fully saturated rings. The minimum atomic E-state index is -0.936. The molecule has 0 unspecified atom stereocenters. The second kappa shape index (κ2) is 5.96. The summed E-state index contributed by atoms with van der Waals surface area (Å²) in [5, 5.41) is 31.3. The molecule has 1 aromatic rings. The van der Waals surface area contributed by atoms with Gasteiger partial charge in [0.1, 0.15) is 17.5 Å². The SMILES string of the molecule is CC1(C)Oc2ccc([N+](=O)[O-])cc2[C@H](N2CCS/C2=N/C#N)[C@H]1O. The van der Waals surface area contributed by atoms with Crippen molar-refractivity contribution in [1.29, 1.82) is 5.26 Å². The van der Waals surface area contributed by atoms with Crippen LogP contribution in [0, 0.1) is 21.6 Å². The summed E-state index contributed by atoms with van der Waals surface area (Å²) in [4.78, 5) is 16.3. The van der Waals surface area contributed by atoms with Crippen LogP contribution in [0.5, 0.6) is 5.75 Å². The summed E-state index contributed by atoms with van der Waals surface area (Å²) in [6, 6.07) is 3.79. The van der Waals surface area contributed by atoms with E-state index in [1.165, 1.54) is 23.9 Å². The summed E-state index contributed by atoms with van der Waals surface area (Å²) in [7, 11) is 0. The van der Waals surface area contributed by atoms with E-state index in [-0.39, 0.29) is 5.69 Å². The number of aliphatic hydroxyl groups excluding tert-OH is 1. The number of amidine groups is 1. The van der Waals surface area contributed by atoms with Gasteiger partial charge in [-0.15, -0.1) is 4.99 Å². The Balaban J connectivity index is 2.13. The number of aliphatic imine (C=N–C) groups is 1. The molecule has 2 atom stereocenters. The summed E-state index contributed by atoms with van der Waals surface area (Å²) >= 11 is 1.42. The first-order valence-corrected chi connectivity index (χ1v) is 8.35. The van der Waals surface area contributed by atoms with Gasteiger partial charge >= 0.3 is 0 Å². The molecule has 8 nitrogen and oxygen atoms in total. The number of benzene rings is 1. The number of aliphatic hydroxyl groups is 1. The second-order valence-corrected chi connectivity index (χ2v) is 7.17. The summed E-state index contributed by atoms with van der Waals surface area (Å²) in [5.41, 5.74) is -0.414. The van der Waals surface area contributed by atoms with E-state index in [2.05, 4.69) is 4.99 Å². The molecule has 1 N–H and O–H groups in total. The van der Waals surface area contributed by atoms with Crippen molar-refractivity contribution in [2.24, 2.45) is 4.99 Å². The average Bonchev–Trinajstić information content (AvgIpc) is 2.96. The lowest BCUT2D eigenvalue weighted by Gasteiger charge is -2.45. The molecule has 126 valence electrons. The van der Waals surface area contributed by atoms with E-state index < -0.39 is 22.7 Å². The molecular formula is C15H16N4O4S. The van der Waals surface area contributed by atoms with Crippen LogP contribution in [0.15, 0.2) is 23.2 Å². The third kappa shape index (κ3) is 2.68. The number of hydrogen-bond donors (Lipinski definition) is 1. The van der Waals surface area contributed by atoms with E-state index in [1.807, 2.05) is 4.90 Å². The zero-order valence-corrected chi connectivity index (χ0v) is 14.0. The predicted octanol–water partition coefficient (Wildman–Crippen LogP) is 2.05. The Kier molecular flexibility index (Phi) is 4.11. The fourth-order valence-corrected chi connectivity index (χ4v) is 3.96. The van der Waals surface area contributed by atoms with E-state index in [0.29, 0.717) is 23.0 Å². The van der Waals surface area contributed by atoms with Gasteiger partial charge in [-0.1, -0.05) is 11.8 Å². The number of nitrogens with zero attached hydrogens (tertiary/aromatic N) is 4. The molecule has 0 spiro atoms. The van der Waals surface area contributed by atoms with E-state index in [4.69, 9.17) is 10.00 Å². The van der Waals surface area contributed by atoms with Gasteiger partial charge in [-0.3, -0.25) is 10.1 Å². The fourth-order valence-electron chi connectivity index (χ4n) is 3.02. The summed E-state index contributed by atoms with van der Waals surface area (Å²) in [6.45, 7) is 4.11. The Morgan fingerprint density at radius 3 is 3.00 bits per heavy atom. The highest BCUT2D eigenvalue weighted by Gasteiger charge is 2.47. The lowest BCUT2D eigenvalue weighted by atomic mass is 9.85. The van der Waals surface area contributed by atoms with Crippen LogP contribution in [0.25, 0.3) is 0 Å². The molecule has 1 saturated heterocycles. The Hall–Kier alpha value is -2.31. The number of hydrogen-bond acceptors (Lipinski definition) is 7. The van der Waals surface area contributed by atoms with Crippen LogP contribution in [-0.4, -0.2) is 44.1 Å². The quantitative estimate of drug-likeness (QED) is 0.494. The first-order chi connectivity index (χ1) is 11.3. The van der Waals surface area contributed by atoms with Gasteiger partial charge in [0.05, 0.1) is 11.0 Å². The summed E-state index contributed by atoms with van der Waals surface area (Å²) in [6.07, 6.45) is 0.837. The lowest BCUT2D eigenvalue weighted by Crippen LogP contribution is -2.53. The second-order valence-electron chi connectivity index (χ2n) is 6.11. The van der Waals surface area contributed by atoms with Gasteiger partial charge in [0.25, 0.3) is 5.69 Å². The third-order valence-electron chi connectivity index (χ3n) is 4.20. The number of rotatable bonds is 2. The zero-order valence-electron chi connectivity index (χ0n) is 13.2. The van der Waals surface area contributed by atoms with Crippen LogP contribution in [0.4, 0.5) is 5.69 Å². The van der Waals surface area contributed by atoms with E-state index in [9.17, 15) is 15.2 Å². The highest BCUT2D eigenvalue weighted by molar-refractivity contribution is 8.14. The van der Waals surface area contributed by atoms with Crippen LogP contribution in [-0.2, 0) is 0 Å². The fraction of sp³-hybridized carbons (Fsp3) is 0.467. The Morgan fingerprint density at radius 2 is 2.33 bits per heavy atom. The molecule has 0 radical (unpaired) electrons. The smallest absolute Gasteiger partial charge is 0.270 e. The molecule has 0 aromatic heterocycles. The van der Waals surface area contributed by atoms with E-state index in [0.717, 1.165) is 5.75 Å². The van der Waals surface area contributed by atoms with Crippen LogP contribution in [0.2, 0.25) is 0 Å². The van der Waals surface area contributed by atoms with Gasteiger partial charge in [0.15, 0.2) is 5.17 Å². The zero-order chi connectivity index (χ0) is 17.5. The van der Waals surface area contributed by atoms with Crippen molar-refractivity contribution in [3.05, 3.63) is 33.9 Å². The van der Waals surface area contributed by atoms with Crippen molar-refractivity contribution in [1.82, 2.24) is 4.90 Å². The van der Waals surface area contributed by atoms with E-state index in [1.54, 1.807) is 26.1 Å². The van der Waals surface area contributed by atoms with Gasteiger partial charge < -0.3 is 14.7 Å². The Labute approximate surface area is 142 Å². The van der Waals surface area contributed by atoms with Crippen molar-refractivity contribution in [2.75, 3.05) is 12.3 Å². The Bertz CT molecular complexity index is 758. The number of thioether (sulfide) groups is 1. The number of nitro benzene ring substituents is 1. The molecule has 0 saturated carbocycles. The topological polar surface area (TPSA) is 112 Å². The number of ether oxygens (including phenoxy) is 1. The molecule has 24 heavy (non-hydrogen) atoms. The summed E-state index contributed by atoms with van der Waals surface area (Å²) in [5.74, 6) is 1.23. The van der Waals surface area contributed by atoms with Gasteiger partial charge in [-0.05, 0) is 19.9 Å². The molecule has 0 bridgehead atoms. The highest BCUT2D eigenvalue weighted by atomic mass is 32.2. The Morgan fingerprint density at radius 1 is 1.58 bits per heavy atom. The maximum Gasteiger partial charge on any atom is 0.270 e. The van der Waals surface area contributed by atoms with Crippen molar-refractivity contribution < 1.29 is 14.8 Å². The number of nitro groups is 1. The molecule has 2 aliphatic rings. The molecule has 9 heteroatoms. The molecule has 2 aliphatic heterocycles. The largest absolute Gasteiger partial charge is 0.485 e. The van der Waals surface area contributed by atoms with Crippen molar-refractivity contribution in [2.45, 2.75) is 31.6 Å². The van der Waals surface area contributed by atoms with Crippen molar-refractivity contribution >= 4 is 22.6 Å². The monoisotopic (exact) mass is 348 g/mol. The molecule has 0 aliphatic carbocycles. The van der Waals surface area contributed by atoms with Crippen LogP contribution in [0.3, 0.4) is 0 Å². The number of fused-ring (bicyclic) bond motifs is 1. The van der Waals surface area contributed by atoms with Crippen molar-refractivity contribution in [3.8, 4) is 11.9 Å². The van der Waals surface area contributed by atoms with Gasteiger partial charge in [0.2, 0.25) is 6.19 Å². The predicted molar refractivity (Wildman–Crippen MR) is 88.8 cm³/mol. The van der Waals surface area contributed by atoms with Gasteiger partial charge in [0, 0.05) is 30.0 Å². The van der Waals surface area contributed by atoms with Crippen LogP contribution in [0.1, 0.15) is 25.5 Å². The first-order valence-electron chi connectivity index (χ1n) is 7.37. The minimum absolute atomic E-state index is 0.0696. The van der Waals surface area contributed by atoms with E-state index >= 15 is 0 Å². The molecule has 3 rings (SSSR count). The molecular weight excluding hydrogens is 332 g/mol. The maximum atomic E-state index is 11.1. The highest BCUT2D eigenvalue weighted by Crippen LogP contribution is 2.45. The summed E-state index contributed by atoms with van der Waals surface area (Å²) < 4.78 is 5.84. The first kappa shape index (κ1) is 16.5. The van der Waals surface area contributed by atoms with Gasteiger partial charge in [-0.25, -0.2) is 0 Å². The lowest BCUT2D eigenvalue weighted by molar-refractivity contribution is -0.385.